The number of hydrogen-bond donors (Lipinski definition) is 0. The lowest BCUT2D eigenvalue weighted by Gasteiger charge is -2.11. The molecule has 0 saturated carbocycles. The van der Waals surface area contributed by atoms with Crippen molar-refractivity contribution in [3.63, 3.8) is 0 Å². The number of ether oxygens (including phenoxy) is 2. The van der Waals surface area contributed by atoms with Crippen LogP contribution in [0.1, 0.15) is 0 Å². The van der Waals surface area contributed by atoms with Gasteiger partial charge in [0.25, 0.3) is 0 Å². The lowest BCUT2D eigenvalue weighted by atomic mass is 9.98. The first-order valence-corrected chi connectivity index (χ1v) is 8.72. The first-order valence-electron chi connectivity index (χ1n) is 8.72. The summed E-state index contributed by atoms with van der Waals surface area (Å²) in [6.07, 6.45) is 5.19. The Morgan fingerprint density at radius 1 is 0.889 bits per heavy atom. The van der Waals surface area contributed by atoms with E-state index in [1.807, 2.05) is 42.6 Å². The molecule has 2 aromatic carbocycles. The third kappa shape index (κ3) is 3.78. The van der Waals surface area contributed by atoms with Crippen molar-refractivity contribution in [2.45, 2.75) is 0 Å². The molecule has 0 unspecified atom stereocenters. The molecule has 0 bridgehead atoms. The number of pyridine rings is 1. The maximum Gasteiger partial charge on any atom is 0.120 e. The molecule has 0 saturated heterocycles. The fourth-order valence-electron chi connectivity index (χ4n) is 3.00. The molecule has 0 fully saturated rings. The van der Waals surface area contributed by atoms with Crippen LogP contribution in [-0.2, 0) is 4.74 Å². The predicted molar refractivity (Wildman–Crippen MR) is 106 cm³/mol. The van der Waals surface area contributed by atoms with Crippen molar-refractivity contribution >= 4 is 10.9 Å². The minimum absolute atomic E-state index is 0.514. The van der Waals surface area contributed by atoms with Gasteiger partial charge in [-0.3, -0.25) is 4.98 Å². The van der Waals surface area contributed by atoms with Crippen molar-refractivity contribution in [1.29, 1.82) is 0 Å². The second kappa shape index (κ2) is 7.93. The van der Waals surface area contributed by atoms with Crippen LogP contribution in [0.15, 0.2) is 73.3 Å². The van der Waals surface area contributed by atoms with Crippen molar-refractivity contribution in [2.24, 2.45) is 0 Å². The summed E-state index contributed by atoms with van der Waals surface area (Å²) in [6.45, 7) is 1.07. The van der Waals surface area contributed by atoms with E-state index in [0.717, 1.165) is 39.0 Å². The van der Waals surface area contributed by atoms with Gasteiger partial charge in [-0.05, 0) is 35.9 Å². The minimum Gasteiger partial charge on any atom is -0.491 e. The number of fused-ring (bicyclic) bond motifs is 1. The van der Waals surface area contributed by atoms with Crippen LogP contribution in [0.3, 0.4) is 0 Å². The Hall–Kier alpha value is -3.31. The summed E-state index contributed by atoms with van der Waals surface area (Å²) in [7, 11) is 1.66. The maximum atomic E-state index is 5.74. The van der Waals surface area contributed by atoms with E-state index < -0.39 is 0 Å². The van der Waals surface area contributed by atoms with E-state index in [1.54, 1.807) is 19.6 Å². The molecule has 0 atom stereocenters. The quantitative estimate of drug-likeness (QED) is 0.479. The van der Waals surface area contributed by atoms with E-state index >= 15 is 0 Å². The molecule has 0 radical (unpaired) electrons. The Morgan fingerprint density at radius 3 is 2.78 bits per heavy atom. The van der Waals surface area contributed by atoms with Crippen molar-refractivity contribution in [2.75, 3.05) is 20.3 Å². The van der Waals surface area contributed by atoms with Crippen molar-refractivity contribution < 1.29 is 9.47 Å². The van der Waals surface area contributed by atoms with E-state index in [4.69, 9.17) is 9.47 Å². The lowest BCUT2D eigenvalue weighted by Crippen LogP contribution is -2.04. The lowest BCUT2D eigenvalue weighted by molar-refractivity contribution is 0.146. The van der Waals surface area contributed by atoms with Gasteiger partial charge in [0.05, 0.1) is 17.8 Å². The van der Waals surface area contributed by atoms with Crippen LogP contribution in [0.5, 0.6) is 5.75 Å². The van der Waals surface area contributed by atoms with Gasteiger partial charge in [0.1, 0.15) is 18.7 Å². The Balaban J connectivity index is 1.73. The first kappa shape index (κ1) is 17.1. The van der Waals surface area contributed by atoms with Crippen LogP contribution in [0, 0.1) is 0 Å². The molecule has 2 heterocycles. The van der Waals surface area contributed by atoms with Gasteiger partial charge in [0.15, 0.2) is 0 Å². The summed E-state index contributed by atoms with van der Waals surface area (Å²) in [5.74, 6) is 0.799. The zero-order valence-electron chi connectivity index (χ0n) is 15.0. The zero-order chi connectivity index (χ0) is 18.5. The molecule has 0 amide bonds. The molecule has 2 aromatic heterocycles. The Labute approximate surface area is 157 Å². The number of rotatable bonds is 6. The standard InChI is InChI=1S/C22H19N3O2/c1-26-10-11-27-19-5-2-4-17(13-19)22-20(6-3-9-24-22)16-7-8-21-18(12-16)14-23-15-25-21/h2-9,12-15H,10-11H2,1H3. The largest absolute Gasteiger partial charge is 0.491 e. The second-order valence-electron chi connectivity index (χ2n) is 6.06. The van der Waals surface area contributed by atoms with E-state index in [-0.39, 0.29) is 0 Å². The summed E-state index contributed by atoms with van der Waals surface area (Å²) < 4.78 is 10.8. The van der Waals surface area contributed by atoms with Gasteiger partial charge in [-0.15, -0.1) is 0 Å². The van der Waals surface area contributed by atoms with Crippen LogP contribution >= 0.6 is 0 Å². The average molecular weight is 357 g/mol. The van der Waals surface area contributed by atoms with E-state index in [1.165, 1.54) is 0 Å². The van der Waals surface area contributed by atoms with E-state index in [2.05, 4.69) is 33.2 Å². The normalized spacial score (nSPS) is 10.9. The van der Waals surface area contributed by atoms with Crippen LogP contribution in [-0.4, -0.2) is 35.3 Å². The number of hydrogen-bond acceptors (Lipinski definition) is 5. The number of aromatic nitrogens is 3. The number of benzene rings is 2. The Bertz CT molecular complexity index is 1070. The maximum absolute atomic E-state index is 5.74. The smallest absolute Gasteiger partial charge is 0.120 e. The molecule has 0 aliphatic carbocycles. The van der Waals surface area contributed by atoms with E-state index in [9.17, 15) is 0 Å². The molecule has 4 rings (SSSR count). The average Bonchev–Trinajstić information content (AvgIpc) is 2.74. The molecule has 5 heteroatoms. The van der Waals surface area contributed by atoms with Gasteiger partial charge in [0, 0.05) is 36.0 Å². The van der Waals surface area contributed by atoms with Gasteiger partial charge < -0.3 is 9.47 Å². The summed E-state index contributed by atoms with van der Waals surface area (Å²) in [5, 5.41) is 1.00. The first-order chi connectivity index (χ1) is 13.3. The van der Waals surface area contributed by atoms with Crippen molar-refractivity contribution in [3.05, 3.63) is 73.3 Å². The Kier molecular flexibility index (Phi) is 5.03. The molecular weight excluding hydrogens is 338 g/mol. The monoisotopic (exact) mass is 357 g/mol. The van der Waals surface area contributed by atoms with E-state index in [0.29, 0.717) is 13.2 Å². The van der Waals surface area contributed by atoms with Crippen LogP contribution < -0.4 is 4.74 Å². The van der Waals surface area contributed by atoms with Crippen LogP contribution in [0.25, 0.3) is 33.3 Å². The summed E-state index contributed by atoms with van der Waals surface area (Å²) in [4.78, 5) is 13.0. The highest BCUT2D eigenvalue weighted by atomic mass is 16.5. The molecule has 0 aliphatic rings. The third-order valence-corrected chi connectivity index (χ3v) is 4.29. The highest BCUT2D eigenvalue weighted by Gasteiger charge is 2.10. The van der Waals surface area contributed by atoms with Gasteiger partial charge in [-0.1, -0.05) is 24.3 Å². The molecule has 0 aliphatic heterocycles. The fourth-order valence-corrected chi connectivity index (χ4v) is 3.00. The van der Waals surface area contributed by atoms with Gasteiger partial charge in [0.2, 0.25) is 0 Å². The molecular formula is C22H19N3O2. The van der Waals surface area contributed by atoms with Crippen LogP contribution in [0.4, 0.5) is 0 Å². The third-order valence-electron chi connectivity index (χ3n) is 4.29. The van der Waals surface area contributed by atoms with Crippen molar-refractivity contribution in [3.8, 4) is 28.1 Å². The topological polar surface area (TPSA) is 57.1 Å². The SMILES string of the molecule is COCCOc1cccc(-c2ncccc2-c2ccc3ncncc3c2)c1. The molecule has 4 aromatic rings. The Morgan fingerprint density at radius 2 is 1.85 bits per heavy atom. The molecule has 0 spiro atoms. The highest BCUT2D eigenvalue weighted by Crippen LogP contribution is 2.33. The molecule has 134 valence electrons. The summed E-state index contributed by atoms with van der Waals surface area (Å²) in [5.41, 5.74) is 4.96. The molecule has 0 N–H and O–H groups in total. The summed E-state index contributed by atoms with van der Waals surface area (Å²) >= 11 is 0. The predicted octanol–water partition coefficient (Wildman–Crippen LogP) is 4.38. The fraction of sp³-hybridized carbons (Fsp3) is 0.136. The summed E-state index contributed by atoms with van der Waals surface area (Å²) in [6, 6.07) is 18.1. The molecule has 27 heavy (non-hydrogen) atoms. The van der Waals surface area contributed by atoms with Gasteiger partial charge in [-0.2, -0.15) is 0 Å². The zero-order valence-corrected chi connectivity index (χ0v) is 15.0. The molecule has 5 nitrogen and oxygen atoms in total. The number of methoxy groups -OCH3 is 1. The van der Waals surface area contributed by atoms with Gasteiger partial charge >= 0.3 is 0 Å². The second-order valence-corrected chi connectivity index (χ2v) is 6.06. The van der Waals surface area contributed by atoms with Crippen LogP contribution in [0.2, 0.25) is 0 Å². The highest BCUT2D eigenvalue weighted by molar-refractivity contribution is 5.88. The van der Waals surface area contributed by atoms with Gasteiger partial charge in [-0.25, -0.2) is 9.97 Å². The van der Waals surface area contributed by atoms with Crippen molar-refractivity contribution in [1.82, 2.24) is 15.0 Å². The minimum atomic E-state index is 0.514. The number of nitrogens with zero attached hydrogens (tertiary/aromatic N) is 3.